The zero-order chi connectivity index (χ0) is 23.3. The average molecular weight is 466 g/mol. The Morgan fingerprint density at radius 1 is 1.06 bits per heavy atom. The Balaban J connectivity index is 1.82. The van der Waals surface area contributed by atoms with Crippen molar-refractivity contribution in [2.45, 2.75) is 32.7 Å². The number of hydrogen-bond acceptors (Lipinski definition) is 4. The Morgan fingerprint density at radius 3 is 2.41 bits per heavy atom. The maximum Gasteiger partial charge on any atom is 0.416 e. The van der Waals surface area contributed by atoms with E-state index in [1.54, 1.807) is 25.2 Å². The first-order valence-electron chi connectivity index (χ1n) is 9.98. The number of amides is 1. The van der Waals surface area contributed by atoms with Crippen molar-refractivity contribution in [3.05, 3.63) is 88.1 Å². The third-order valence-electron chi connectivity index (χ3n) is 4.93. The molecule has 0 saturated heterocycles. The van der Waals surface area contributed by atoms with Crippen LogP contribution in [0.1, 0.15) is 40.0 Å². The van der Waals surface area contributed by atoms with Crippen molar-refractivity contribution in [2.75, 3.05) is 13.6 Å². The van der Waals surface area contributed by atoms with Gasteiger partial charge in [-0.3, -0.25) is 9.69 Å². The number of rotatable bonds is 8. The summed E-state index contributed by atoms with van der Waals surface area (Å²) in [5, 5.41) is 0.592. The van der Waals surface area contributed by atoms with Crippen LogP contribution in [-0.2, 0) is 25.8 Å². The van der Waals surface area contributed by atoms with E-state index in [0.29, 0.717) is 29.6 Å². The quantitative estimate of drug-likeness (QED) is 0.432. The lowest BCUT2D eigenvalue weighted by Crippen LogP contribution is -2.26. The van der Waals surface area contributed by atoms with E-state index in [4.69, 9.17) is 16.0 Å². The minimum absolute atomic E-state index is 0.190. The molecule has 3 rings (SSSR count). The summed E-state index contributed by atoms with van der Waals surface area (Å²) in [5.74, 6) is 0.0448. The molecule has 0 saturated carbocycles. The Labute approximate surface area is 189 Å². The topological polar surface area (TPSA) is 49.6 Å². The Morgan fingerprint density at radius 2 is 1.75 bits per heavy atom. The molecule has 1 amide bonds. The fourth-order valence-electron chi connectivity index (χ4n) is 3.13. The number of benzene rings is 2. The van der Waals surface area contributed by atoms with Crippen molar-refractivity contribution in [1.82, 2.24) is 14.8 Å². The first kappa shape index (κ1) is 23.8. The molecule has 0 aliphatic rings. The lowest BCUT2D eigenvalue weighted by atomic mass is 10.1. The van der Waals surface area contributed by atoms with Gasteiger partial charge in [0.2, 0.25) is 5.89 Å². The minimum atomic E-state index is -4.42. The number of carbonyl (C=O) groups is 1. The summed E-state index contributed by atoms with van der Waals surface area (Å²) in [4.78, 5) is 20.0. The molecule has 0 radical (unpaired) electrons. The molecule has 1 aromatic heterocycles. The van der Waals surface area contributed by atoms with Crippen LogP contribution in [0.2, 0.25) is 5.02 Å². The second-order valence-corrected chi connectivity index (χ2v) is 7.85. The molecule has 5 nitrogen and oxygen atoms in total. The largest absolute Gasteiger partial charge is 0.447 e. The van der Waals surface area contributed by atoms with Crippen molar-refractivity contribution in [2.24, 2.45) is 0 Å². The van der Waals surface area contributed by atoms with E-state index >= 15 is 0 Å². The molecule has 9 heteroatoms. The van der Waals surface area contributed by atoms with E-state index in [2.05, 4.69) is 4.98 Å². The first-order chi connectivity index (χ1) is 15.2. The average Bonchev–Trinajstić information content (AvgIpc) is 3.22. The van der Waals surface area contributed by atoms with Gasteiger partial charge >= 0.3 is 6.18 Å². The molecule has 0 unspecified atom stereocenters. The van der Waals surface area contributed by atoms with Crippen molar-refractivity contribution in [3.8, 4) is 0 Å². The van der Waals surface area contributed by atoms with Crippen molar-refractivity contribution < 1.29 is 22.4 Å². The minimum Gasteiger partial charge on any atom is -0.447 e. The number of carbonyl (C=O) groups excluding carboxylic acids is 1. The van der Waals surface area contributed by atoms with Gasteiger partial charge in [-0.05, 0) is 36.2 Å². The predicted octanol–water partition coefficient (Wildman–Crippen LogP) is 5.64. The standard InChI is InChI=1S/C23H23ClF3N3O2/c1-3-29(2)22(31)20-15-32-21(28-20)14-30(12-16-7-9-19(24)10-8-16)13-17-5-4-6-18(11-17)23(25,26)27/h4-11,15H,3,12-14H2,1-2H3. The molecule has 0 N–H and O–H groups in total. The van der Waals surface area contributed by atoms with Gasteiger partial charge in [0.05, 0.1) is 12.1 Å². The van der Waals surface area contributed by atoms with Gasteiger partial charge in [0, 0.05) is 31.7 Å². The molecule has 0 spiro atoms. The molecular formula is C23H23ClF3N3O2. The summed E-state index contributed by atoms with van der Waals surface area (Å²) in [6.07, 6.45) is -3.12. The SMILES string of the molecule is CCN(C)C(=O)c1coc(CN(Cc2ccc(Cl)cc2)Cc2cccc(C(F)(F)F)c2)n1. The second kappa shape index (κ2) is 10.2. The van der Waals surface area contributed by atoms with Crippen molar-refractivity contribution >= 4 is 17.5 Å². The van der Waals surface area contributed by atoms with Crippen LogP contribution in [0.25, 0.3) is 0 Å². The molecule has 0 atom stereocenters. The highest BCUT2D eigenvalue weighted by atomic mass is 35.5. The summed E-state index contributed by atoms with van der Waals surface area (Å²) in [5.41, 5.74) is 0.917. The summed E-state index contributed by atoms with van der Waals surface area (Å²) in [6.45, 7) is 3.24. The Bertz CT molecular complexity index is 1050. The van der Waals surface area contributed by atoms with Gasteiger partial charge in [-0.1, -0.05) is 41.9 Å². The smallest absolute Gasteiger partial charge is 0.416 e. The van der Waals surface area contributed by atoms with Crippen LogP contribution in [0.4, 0.5) is 13.2 Å². The fourth-order valence-corrected chi connectivity index (χ4v) is 3.26. The summed E-state index contributed by atoms with van der Waals surface area (Å²) >= 11 is 5.96. The normalized spacial score (nSPS) is 11.7. The van der Waals surface area contributed by atoms with E-state index in [0.717, 1.165) is 17.7 Å². The van der Waals surface area contributed by atoms with Gasteiger partial charge in [0.25, 0.3) is 5.91 Å². The van der Waals surface area contributed by atoms with Crippen molar-refractivity contribution in [3.63, 3.8) is 0 Å². The number of oxazole rings is 1. The summed E-state index contributed by atoms with van der Waals surface area (Å²) in [6, 6.07) is 12.4. The molecule has 32 heavy (non-hydrogen) atoms. The zero-order valence-electron chi connectivity index (χ0n) is 17.7. The van der Waals surface area contributed by atoms with Gasteiger partial charge < -0.3 is 9.32 Å². The highest BCUT2D eigenvalue weighted by molar-refractivity contribution is 6.30. The zero-order valence-corrected chi connectivity index (χ0v) is 18.5. The maximum absolute atomic E-state index is 13.1. The molecule has 170 valence electrons. The summed E-state index contributed by atoms with van der Waals surface area (Å²) < 4.78 is 44.9. The molecule has 2 aromatic carbocycles. The van der Waals surface area contributed by atoms with Crippen LogP contribution < -0.4 is 0 Å². The monoisotopic (exact) mass is 465 g/mol. The van der Waals surface area contributed by atoms with Gasteiger partial charge in [-0.2, -0.15) is 13.2 Å². The van der Waals surface area contributed by atoms with Gasteiger partial charge in [0.15, 0.2) is 5.69 Å². The van der Waals surface area contributed by atoms with Crippen molar-refractivity contribution in [1.29, 1.82) is 0 Å². The number of halogens is 4. The van der Waals surface area contributed by atoms with E-state index in [9.17, 15) is 18.0 Å². The van der Waals surface area contributed by atoms with Gasteiger partial charge in [-0.25, -0.2) is 4.98 Å². The molecule has 0 aliphatic carbocycles. The molecule has 0 aliphatic heterocycles. The van der Waals surface area contributed by atoms with Crippen LogP contribution in [0.15, 0.2) is 59.2 Å². The van der Waals surface area contributed by atoms with E-state index < -0.39 is 11.7 Å². The molecular weight excluding hydrogens is 443 g/mol. The number of hydrogen-bond donors (Lipinski definition) is 0. The van der Waals surface area contributed by atoms with E-state index in [-0.39, 0.29) is 24.7 Å². The molecule has 3 aromatic rings. The maximum atomic E-state index is 13.1. The van der Waals surface area contributed by atoms with Gasteiger partial charge in [-0.15, -0.1) is 0 Å². The van der Waals surface area contributed by atoms with Crippen LogP contribution in [-0.4, -0.2) is 34.3 Å². The second-order valence-electron chi connectivity index (χ2n) is 7.42. The number of alkyl halides is 3. The summed E-state index contributed by atoms with van der Waals surface area (Å²) in [7, 11) is 1.66. The van der Waals surface area contributed by atoms with Gasteiger partial charge in [0.1, 0.15) is 6.26 Å². The molecule has 1 heterocycles. The van der Waals surface area contributed by atoms with E-state index in [1.165, 1.54) is 17.2 Å². The van der Waals surface area contributed by atoms with Crippen LogP contribution in [0.5, 0.6) is 0 Å². The van der Waals surface area contributed by atoms with Crippen LogP contribution in [0, 0.1) is 0 Å². The highest BCUT2D eigenvalue weighted by Crippen LogP contribution is 2.30. The van der Waals surface area contributed by atoms with Crippen LogP contribution in [0.3, 0.4) is 0 Å². The molecule has 0 fully saturated rings. The Hall–Kier alpha value is -2.84. The van der Waals surface area contributed by atoms with E-state index in [1.807, 2.05) is 24.0 Å². The van der Waals surface area contributed by atoms with Crippen LogP contribution >= 0.6 is 11.6 Å². The number of aromatic nitrogens is 1. The lowest BCUT2D eigenvalue weighted by molar-refractivity contribution is -0.137. The Kier molecular flexibility index (Phi) is 7.58. The predicted molar refractivity (Wildman–Crippen MR) is 115 cm³/mol. The molecule has 0 bridgehead atoms. The third kappa shape index (κ3) is 6.34. The highest BCUT2D eigenvalue weighted by Gasteiger charge is 2.30. The number of nitrogens with zero attached hydrogens (tertiary/aromatic N) is 3. The first-order valence-corrected chi connectivity index (χ1v) is 10.4. The lowest BCUT2D eigenvalue weighted by Gasteiger charge is -2.21. The fraction of sp³-hybridized carbons (Fsp3) is 0.304. The third-order valence-corrected chi connectivity index (χ3v) is 5.18.